The molecule has 0 unspecified atom stereocenters. The molecule has 0 atom stereocenters. The predicted molar refractivity (Wildman–Crippen MR) is 209 cm³/mol. The van der Waals surface area contributed by atoms with E-state index in [2.05, 4.69) is 155 Å². The monoisotopic (exact) mass is 666 g/mol. The van der Waals surface area contributed by atoms with Gasteiger partial charge in [-0.3, -0.25) is 0 Å². The molecule has 0 saturated carbocycles. The third-order valence-electron chi connectivity index (χ3n) is 9.43. The number of nitrogens with zero attached hydrogens (tertiary/aromatic N) is 2. The Balaban J connectivity index is 1.25. The summed E-state index contributed by atoms with van der Waals surface area (Å²) in [4.78, 5) is 3.57. The van der Waals surface area contributed by atoms with Crippen molar-refractivity contribution in [3.63, 3.8) is 0 Å². The standard InChI is InChI=1S/C44H27ClN2OS/c45-30-18-23-42-38(25-30)43-36-21-19-34(27-39(36)47(44(43)49-42)31-13-5-2-6-14-31)46(32-15-9-12-29(24-32)28-10-3-1-4-11-28)33-20-22-41-37(26-33)35-16-7-8-17-40(35)48-41/h1-27H. The Labute approximate surface area is 291 Å². The highest BCUT2D eigenvalue weighted by Gasteiger charge is 2.21. The fraction of sp³-hybridized carbons (Fsp3) is 0. The molecule has 232 valence electrons. The lowest BCUT2D eigenvalue weighted by molar-refractivity contribution is 0.669. The second kappa shape index (κ2) is 11.1. The first-order valence-corrected chi connectivity index (χ1v) is 17.5. The number of anilines is 3. The molecule has 3 nitrogen and oxygen atoms in total. The van der Waals surface area contributed by atoms with Crippen molar-refractivity contribution in [1.82, 2.24) is 4.57 Å². The number of rotatable bonds is 5. The molecule has 10 aromatic rings. The molecule has 3 aromatic heterocycles. The van der Waals surface area contributed by atoms with Crippen LogP contribution >= 0.6 is 22.9 Å². The van der Waals surface area contributed by atoms with Gasteiger partial charge in [-0.1, -0.05) is 96.5 Å². The molecule has 7 aromatic carbocycles. The van der Waals surface area contributed by atoms with Crippen LogP contribution in [0.1, 0.15) is 0 Å². The van der Waals surface area contributed by atoms with E-state index in [0.29, 0.717) is 0 Å². The Kier molecular flexibility index (Phi) is 6.41. The predicted octanol–water partition coefficient (Wildman–Crippen LogP) is 13.7. The van der Waals surface area contributed by atoms with Crippen molar-refractivity contribution in [3.8, 4) is 16.8 Å². The number of hydrogen-bond donors (Lipinski definition) is 0. The van der Waals surface area contributed by atoms with Crippen LogP contribution in [0.3, 0.4) is 0 Å². The lowest BCUT2D eigenvalue weighted by Crippen LogP contribution is -2.10. The lowest BCUT2D eigenvalue weighted by atomic mass is 10.0. The molecule has 0 aliphatic rings. The zero-order valence-electron chi connectivity index (χ0n) is 26.2. The summed E-state index contributed by atoms with van der Waals surface area (Å²) in [5, 5.41) is 6.56. The minimum absolute atomic E-state index is 0.746. The summed E-state index contributed by atoms with van der Waals surface area (Å²) in [5.74, 6) is 0. The van der Waals surface area contributed by atoms with E-state index in [-0.39, 0.29) is 0 Å². The average molecular weight is 667 g/mol. The van der Waals surface area contributed by atoms with Gasteiger partial charge in [-0.25, -0.2) is 0 Å². The Morgan fingerprint density at radius 1 is 0.510 bits per heavy atom. The van der Waals surface area contributed by atoms with Crippen molar-refractivity contribution < 1.29 is 4.42 Å². The van der Waals surface area contributed by atoms with Crippen LogP contribution in [-0.4, -0.2) is 4.57 Å². The zero-order valence-corrected chi connectivity index (χ0v) is 27.7. The highest BCUT2D eigenvalue weighted by molar-refractivity contribution is 7.25. The summed E-state index contributed by atoms with van der Waals surface area (Å²) in [6.07, 6.45) is 0. The van der Waals surface area contributed by atoms with Crippen LogP contribution in [-0.2, 0) is 0 Å². The summed E-state index contributed by atoms with van der Waals surface area (Å²) >= 11 is 8.37. The summed E-state index contributed by atoms with van der Waals surface area (Å²) in [6.45, 7) is 0. The summed E-state index contributed by atoms with van der Waals surface area (Å²) in [5.41, 5.74) is 9.58. The quantitative estimate of drug-likeness (QED) is 0.182. The van der Waals surface area contributed by atoms with Gasteiger partial charge < -0.3 is 13.9 Å². The van der Waals surface area contributed by atoms with Crippen LogP contribution in [0.5, 0.6) is 0 Å². The van der Waals surface area contributed by atoms with Crippen molar-refractivity contribution >= 4 is 93.1 Å². The van der Waals surface area contributed by atoms with Crippen molar-refractivity contribution in [2.75, 3.05) is 4.90 Å². The summed E-state index contributed by atoms with van der Waals surface area (Å²) in [7, 11) is 0. The molecule has 0 aliphatic carbocycles. The van der Waals surface area contributed by atoms with Gasteiger partial charge in [0, 0.05) is 59.4 Å². The maximum Gasteiger partial charge on any atom is 0.135 e. The largest absolute Gasteiger partial charge is 0.456 e. The van der Waals surface area contributed by atoms with Gasteiger partial charge in [-0.2, -0.15) is 0 Å². The van der Waals surface area contributed by atoms with Crippen molar-refractivity contribution in [1.29, 1.82) is 0 Å². The summed E-state index contributed by atoms with van der Waals surface area (Å²) in [6, 6.07) is 57.8. The van der Waals surface area contributed by atoms with Crippen LogP contribution < -0.4 is 4.90 Å². The Hall–Kier alpha value is -5.81. The molecule has 0 fully saturated rings. The van der Waals surface area contributed by atoms with E-state index in [0.717, 1.165) is 60.8 Å². The molecular weight excluding hydrogens is 640 g/mol. The molecule has 0 radical (unpaired) electrons. The highest BCUT2D eigenvalue weighted by Crippen LogP contribution is 2.46. The number of halogens is 1. The molecule has 0 N–H and O–H groups in total. The van der Waals surface area contributed by atoms with Gasteiger partial charge in [-0.15, -0.1) is 11.3 Å². The molecule has 49 heavy (non-hydrogen) atoms. The van der Waals surface area contributed by atoms with Gasteiger partial charge in [0.05, 0.1) is 5.52 Å². The van der Waals surface area contributed by atoms with Crippen molar-refractivity contribution in [2.24, 2.45) is 0 Å². The van der Waals surface area contributed by atoms with Crippen LogP contribution in [0.15, 0.2) is 168 Å². The second-order valence-electron chi connectivity index (χ2n) is 12.3. The zero-order chi connectivity index (χ0) is 32.5. The van der Waals surface area contributed by atoms with Crippen LogP contribution in [0.4, 0.5) is 17.1 Å². The summed E-state index contributed by atoms with van der Waals surface area (Å²) < 4.78 is 9.86. The van der Waals surface area contributed by atoms with E-state index < -0.39 is 0 Å². The SMILES string of the molecule is Clc1ccc2sc3c(c2c1)c1ccc(N(c2cccc(-c4ccccc4)c2)c2ccc4oc5ccccc5c4c2)cc1n3-c1ccccc1. The Morgan fingerprint density at radius 3 is 2.10 bits per heavy atom. The number of hydrogen-bond acceptors (Lipinski definition) is 3. The maximum absolute atomic E-state index is 6.56. The molecule has 3 heterocycles. The fourth-order valence-electron chi connectivity index (χ4n) is 7.23. The smallest absolute Gasteiger partial charge is 0.135 e. The third-order valence-corrected chi connectivity index (χ3v) is 10.8. The molecule has 10 rings (SSSR count). The van der Waals surface area contributed by atoms with E-state index in [1.807, 2.05) is 29.5 Å². The van der Waals surface area contributed by atoms with E-state index in [1.54, 1.807) is 0 Å². The maximum atomic E-state index is 6.56. The topological polar surface area (TPSA) is 21.3 Å². The first-order valence-electron chi connectivity index (χ1n) is 16.3. The number of para-hydroxylation sites is 2. The van der Waals surface area contributed by atoms with Gasteiger partial charge in [0.25, 0.3) is 0 Å². The molecule has 0 bridgehead atoms. The lowest BCUT2D eigenvalue weighted by Gasteiger charge is -2.26. The average Bonchev–Trinajstić information content (AvgIpc) is 3.81. The highest BCUT2D eigenvalue weighted by atomic mass is 35.5. The van der Waals surface area contributed by atoms with Gasteiger partial charge >= 0.3 is 0 Å². The van der Waals surface area contributed by atoms with Crippen molar-refractivity contribution in [3.05, 3.63) is 169 Å². The van der Waals surface area contributed by atoms with E-state index in [1.165, 1.54) is 31.3 Å². The minimum Gasteiger partial charge on any atom is -0.456 e. The molecule has 0 aliphatic heterocycles. The molecule has 0 saturated heterocycles. The van der Waals surface area contributed by atoms with Crippen LogP contribution in [0.25, 0.3) is 70.0 Å². The van der Waals surface area contributed by atoms with Crippen LogP contribution in [0, 0.1) is 0 Å². The Bertz CT molecular complexity index is 2850. The molecule has 5 heteroatoms. The van der Waals surface area contributed by atoms with E-state index in [4.69, 9.17) is 16.0 Å². The normalized spacial score (nSPS) is 11.8. The second-order valence-corrected chi connectivity index (χ2v) is 13.8. The van der Waals surface area contributed by atoms with Crippen molar-refractivity contribution in [2.45, 2.75) is 0 Å². The van der Waals surface area contributed by atoms with Gasteiger partial charge in [0.15, 0.2) is 0 Å². The van der Waals surface area contributed by atoms with Gasteiger partial charge in [0.1, 0.15) is 16.0 Å². The Morgan fingerprint density at radius 2 is 1.22 bits per heavy atom. The molecule has 0 amide bonds. The van der Waals surface area contributed by atoms with E-state index >= 15 is 0 Å². The third kappa shape index (κ3) is 4.56. The number of thiophene rings is 1. The minimum atomic E-state index is 0.746. The number of aromatic nitrogens is 1. The molecule has 0 spiro atoms. The van der Waals surface area contributed by atoms with Gasteiger partial charge in [0.2, 0.25) is 0 Å². The molecular formula is C44H27ClN2OS. The van der Waals surface area contributed by atoms with Gasteiger partial charge in [-0.05, 0) is 90.0 Å². The first kappa shape index (κ1) is 28.2. The van der Waals surface area contributed by atoms with E-state index in [9.17, 15) is 0 Å². The fourth-order valence-corrected chi connectivity index (χ4v) is 8.63. The van der Waals surface area contributed by atoms with Crippen LogP contribution in [0.2, 0.25) is 5.02 Å². The number of furan rings is 1. The first-order chi connectivity index (χ1) is 24.2. The number of benzene rings is 7. The number of fused-ring (bicyclic) bond motifs is 8.